The first kappa shape index (κ1) is 55.2. The molecule has 19 nitrogen and oxygen atoms in total. The molecule has 0 amide bonds. The Labute approximate surface area is 428 Å². The van der Waals surface area contributed by atoms with Crippen LogP contribution in [0.1, 0.15) is 129 Å². The average molecular weight is 1030 g/mol. The fourth-order valence-corrected chi connectivity index (χ4v) is 14.4. The van der Waals surface area contributed by atoms with Gasteiger partial charge in [0.1, 0.15) is 47.3 Å². The third kappa shape index (κ3) is 9.60. The number of carbonyl (C=O) groups is 2. The highest BCUT2D eigenvalue weighted by Gasteiger charge is 2.81. The predicted molar refractivity (Wildman–Crippen MR) is 256 cm³/mol. The Morgan fingerprint density at radius 2 is 1.19 bits per heavy atom. The monoisotopic (exact) mass is 1030 g/mol. The number of ether oxygens (including phenoxy) is 11. The van der Waals surface area contributed by atoms with Crippen LogP contribution in [-0.4, -0.2) is 184 Å². The van der Waals surface area contributed by atoms with Gasteiger partial charge >= 0.3 is 5.97 Å². The van der Waals surface area contributed by atoms with Crippen molar-refractivity contribution in [1.29, 1.82) is 0 Å². The van der Waals surface area contributed by atoms with Crippen LogP contribution in [0.15, 0.2) is 42.0 Å². The lowest BCUT2D eigenvalue weighted by Gasteiger charge is -2.67. The number of ketones is 1. The van der Waals surface area contributed by atoms with E-state index in [1.807, 2.05) is 13.0 Å². The van der Waals surface area contributed by atoms with Crippen molar-refractivity contribution < 1.29 is 92.3 Å². The molecule has 0 unspecified atom stereocenters. The van der Waals surface area contributed by atoms with Crippen molar-refractivity contribution in [3.8, 4) is 0 Å². The first-order valence-electron chi connectivity index (χ1n) is 26.5. The zero-order valence-corrected chi connectivity index (χ0v) is 43.7. The number of aliphatic hydroxyl groups excluding tert-OH is 3. The molecule has 9 rings (SSSR count). The van der Waals surface area contributed by atoms with Gasteiger partial charge in [-0.15, -0.1) is 0 Å². The summed E-state index contributed by atoms with van der Waals surface area (Å²) in [6.45, 7) is 12.1. The van der Waals surface area contributed by atoms with Gasteiger partial charge in [-0.25, -0.2) is 4.79 Å². The lowest BCUT2D eigenvalue weighted by molar-refractivity contribution is -0.345. The standard InChI is InChI=1S/C54H80O19/c1-27-45(58)37(63-8)24-43(65-27)73-48-30(4)68-44(25-38(48)64-9)72-47-29(3)67-42(23-36(47)57)71-46-28(2)66-41(22-35(46)56)69-34-16-17-50(6)33(21-34)15-18-53(61)39(50)26-40(70-49(59)32-13-11-10-12-14-32)51(7)52(60,31(5)55)19-20-54(51,53)62/h10-15,27-30,34-48,56-58,60-62H,16-26H2,1-9H3/t27-,28-,29-,30-,34+,35+,36-,37-,38-,39-,40-,41+,42+,43+,44+,45-,46-,47-,48-,50+,51-,52-,53+,54-/m1/s1. The highest BCUT2D eigenvalue weighted by Crippen LogP contribution is 2.71. The van der Waals surface area contributed by atoms with Crippen molar-refractivity contribution >= 4 is 11.8 Å². The summed E-state index contributed by atoms with van der Waals surface area (Å²) in [5, 5.41) is 71.3. The second-order valence-electron chi connectivity index (χ2n) is 22.8. The van der Waals surface area contributed by atoms with Gasteiger partial charge in [-0.05, 0) is 104 Å². The van der Waals surface area contributed by atoms with Gasteiger partial charge < -0.3 is 82.7 Å². The summed E-state index contributed by atoms with van der Waals surface area (Å²) in [6.07, 6.45) is -7.92. The SMILES string of the molecule is CO[C@@H]1C[C@H](O[C@@H]2[C@@H](C)O[C@@H](O[C@H]3[C@H](O)C[C@H](O[C@H]4[C@@H](O)C[C@H](O[C@H]5CC[C@@]6(C)C(=CC[C@]7(O)[C@@H]6C[C@@H](OC(=O)c6ccccc6)[C@@]6(C)[C@]7(O)CC[C@@]6(O)C(C)=O)C5)O[C@@H]4C)O[C@@H]3C)C[C@H]2OC)O[C@H](C)[C@H]1O. The van der Waals surface area contributed by atoms with E-state index >= 15 is 0 Å². The van der Waals surface area contributed by atoms with Crippen molar-refractivity contribution in [3.05, 3.63) is 47.5 Å². The predicted octanol–water partition coefficient (Wildman–Crippen LogP) is 3.53. The normalized spacial score (nSPS) is 50.0. The lowest BCUT2D eigenvalue weighted by atomic mass is 9.42. The summed E-state index contributed by atoms with van der Waals surface area (Å²) in [5.41, 5.74) is -6.85. The minimum atomic E-state index is -2.05. The Hall–Kier alpha value is -2.54. The molecule has 19 heteroatoms. The van der Waals surface area contributed by atoms with Gasteiger partial charge in [-0.2, -0.15) is 0 Å². The van der Waals surface area contributed by atoms with Gasteiger partial charge in [-0.1, -0.05) is 36.8 Å². The number of methoxy groups -OCH3 is 2. The summed E-state index contributed by atoms with van der Waals surface area (Å²) < 4.78 is 67.9. The Morgan fingerprint density at radius 1 is 0.658 bits per heavy atom. The molecule has 7 fully saturated rings. The van der Waals surface area contributed by atoms with E-state index in [2.05, 4.69) is 6.92 Å². The van der Waals surface area contributed by atoms with Crippen molar-refractivity contribution in [3.63, 3.8) is 0 Å². The molecule has 0 radical (unpaired) electrons. The zero-order chi connectivity index (χ0) is 52.6. The van der Waals surface area contributed by atoms with Gasteiger partial charge in [0.05, 0.1) is 65.9 Å². The number of hydrogen-bond donors (Lipinski definition) is 6. The molecule has 0 spiro atoms. The van der Waals surface area contributed by atoms with E-state index < -0.39 is 150 Å². The molecule has 3 saturated carbocycles. The maximum Gasteiger partial charge on any atom is 0.338 e. The molecule has 4 aliphatic carbocycles. The quantitative estimate of drug-likeness (QED) is 0.122. The summed E-state index contributed by atoms with van der Waals surface area (Å²) in [6, 6.07) is 8.45. The molecule has 4 saturated heterocycles. The summed E-state index contributed by atoms with van der Waals surface area (Å²) in [7, 11) is 3.13. The lowest BCUT2D eigenvalue weighted by Crippen LogP contribution is -2.78. The van der Waals surface area contributed by atoms with Gasteiger partial charge in [0.25, 0.3) is 0 Å². The molecule has 6 N–H and O–H groups in total. The van der Waals surface area contributed by atoms with Crippen LogP contribution in [-0.2, 0) is 56.9 Å². The number of esters is 1. The molecule has 24 atom stereocenters. The molecule has 0 bridgehead atoms. The van der Waals surface area contributed by atoms with Crippen LogP contribution in [0.25, 0.3) is 0 Å². The Balaban J connectivity index is 0.790. The van der Waals surface area contributed by atoms with E-state index in [4.69, 9.17) is 52.1 Å². The second-order valence-corrected chi connectivity index (χ2v) is 22.8. The summed E-state index contributed by atoms with van der Waals surface area (Å²) in [5.74, 6) is -1.81. The second kappa shape index (κ2) is 21.0. The maximum absolute atomic E-state index is 13.7. The molecular formula is C54H80O19. The molecule has 8 aliphatic rings. The largest absolute Gasteiger partial charge is 0.458 e. The van der Waals surface area contributed by atoms with E-state index in [1.165, 1.54) is 6.92 Å². The first-order chi connectivity index (χ1) is 34.5. The van der Waals surface area contributed by atoms with Crippen LogP contribution < -0.4 is 0 Å². The highest BCUT2D eigenvalue weighted by molar-refractivity contribution is 5.90. The Morgan fingerprint density at radius 3 is 1.77 bits per heavy atom. The third-order valence-electron chi connectivity index (χ3n) is 18.8. The molecule has 1 aromatic carbocycles. The average Bonchev–Trinajstić information content (AvgIpc) is 3.58. The number of Topliss-reactive ketones (excluding diaryl/α,β-unsaturated/α-hetero) is 1. The van der Waals surface area contributed by atoms with Gasteiger partial charge in [-0.3, -0.25) is 4.79 Å². The minimum absolute atomic E-state index is 0.0600. The topological polar surface area (TPSA) is 257 Å². The first-order valence-corrected chi connectivity index (χ1v) is 26.5. The van der Waals surface area contributed by atoms with Gasteiger partial charge in [0.2, 0.25) is 0 Å². The Bertz CT molecular complexity index is 2120. The number of aliphatic hydroxyl groups is 6. The number of benzene rings is 1. The fourth-order valence-electron chi connectivity index (χ4n) is 14.4. The van der Waals surface area contributed by atoms with Crippen molar-refractivity contribution in [2.45, 2.75) is 247 Å². The summed E-state index contributed by atoms with van der Waals surface area (Å²) >= 11 is 0. The van der Waals surface area contributed by atoms with Crippen LogP contribution in [0.5, 0.6) is 0 Å². The van der Waals surface area contributed by atoms with E-state index in [1.54, 1.807) is 72.2 Å². The molecule has 410 valence electrons. The Kier molecular flexibility index (Phi) is 15.9. The number of carbonyl (C=O) groups excluding carboxylic acids is 2. The molecule has 73 heavy (non-hydrogen) atoms. The van der Waals surface area contributed by atoms with Crippen molar-refractivity contribution in [1.82, 2.24) is 0 Å². The molecular weight excluding hydrogens is 953 g/mol. The maximum atomic E-state index is 13.7. The number of rotatable bonds is 13. The van der Waals surface area contributed by atoms with E-state index in [0.29, 0.717) is 37.7 Å². The van der Waals surface area contributed by atoms with E-state index in [0.717, 1.165) is 5.57 Å². The number of hydrogen-bond acceptors (Lipinski definition) is 19. The number of fused-ring (bicyclic) bond motifs is 5. The third-order valence-corrected chi connectivity index (χ3v) is 18.8. The smallest absolute Gasteiger partial charge is 0.338 e. The molecule has 4 aliphatic heterocycles. The molecule has 0 aromatic heterocycles. The van der Waals surface area contributed by atoms with Gasteiger partial charge in [0.15, 0.2) is 30.9 Å². The summed E-state index contributed by atoms with van der Waals surface area (Å²) in [4.78, 5) is 27.0. The van der Waals surface area contributed by atoms with Crippen LogP contribution >= 0.6 is 0 Å². The molecule has 1 aromatic rings. The fraction of sp³-hybridized carbons (Fsp3) is 0.815. The van der Waals surface area contributed by atoms with E-state index in [-0.39, 0.29) is 44.6 Å². The van der Waals surface area contributed by atoms with Crippen LogP contribution in [0.4, 0.5) is 0 Å². The van der Waals surface area contributed by atoms with Gasteiger partial charge in [0, 0.05) is 45.8 Å². The van der Waals surface area contributed by atoms with E-state index in [9.17, 15) is 40.2 Å². The minimum Gasteiger partial charge on any atom is -0.458 e. The van der Waals surface area contributed by atoms with Crippen LogP contribution in [0.2, 0.25) is 0 Å². The van der Waals surface area contributed by atoms with Crippen LogP contribution in [0.3, 0.4) is 0 Å². The van der Waals surface area contributed by atoms with Crippen molar-refractivity contribution in [2.75, 3.05) is 14.2 Å². The highest BCUT2D eigenvalue weighted by atomic mass is 16.8. The van der Waals surface area contributed by atoms with Crippen molar-refractivity contribution in [2.24, 2.45) is 16.7 Å². The zero-order valence-electron chi connectivity index (χ0n) is 43.7. The van der Waals surface area contributed by atoms with Crippen LogP contribution in [0, 0.1) is 16.7 Å². The molecule has 4 heterocycles.